The zero-order chi connectivity index (χ0) is 16.8. The van der Waals surface area contributed by atoms with E-state index in [-0.39, 0.29) is 11.3 Å². The van der Waals surface area contributed by atoms with E-state index in [1.54, 1.807) is 12.1 Å². The molecule has 0 bridgehead atoms. The van der Waals surface area contributed by atoms with Crippen molar-refractivity contribution in [2.24, 2.45) is 5.92 Å². The van der Waals surface area contributed by atoms with Gasteiger partial charge in [0.2, 0.25) is 0 Å². The Morgan fingerprint density at radius 3 is 2.78 bits per heavy atom. The number of halogens is 1. The summed E-state index contributed by atoms with van der Waals surface area (Å²) in [5.74, 6) is -1.88. The Morgan fingerprint density at radius 2 is 2.09 bits per heavy atom. The molecule has 2 atom stereocenters. The van der Waals surface area contributed by atoms with Crippen molar-refractivity contribution in [1.29, 1.82) is 0 Å². The van der Waals surface area contributed by atoms with Crippen LogP contribution in [0.4, 0.5) is 9.18 Å². The number of ether oxygens (including phenoxy) is 1. The Hall–Kier alpha value is -2.37. The molecule has 0 saturated carbocycles. The van der Waals surface area contributed by atoms with Crippen LogP contribution in [0.25, 0.3) is 0 Å². The van der Waals surface area contributed by atoms with Crippen molar-refractivity contribution in [3.8, 4) is 0 Å². The summed E-state index contributed by atoms with van der Waals surface area (Å²) in [5, 5.41) is 5.05. The molecule has 2 amide bonds. The molecule has 23 heavy (non-hydrogen) atoms. The Labute approximate surface area is 134 Å². The zero-order valence-electron chi connectivity index (χ0n) is 13.1. The maximum absolute atomic E-state index is 14.1. The lowest BCUT2D eigenvalue weighted by Crippen LogP contribution is -2.51. The molecule has 6 heteroatoms. The van der Waals surface area contributed by atoms with Crippen LogP contribution in [0.2, 0.25) is 0 Å². The van der Waals surface area contributed by atoms with E-state index in [1.165, 1.54) is 12.1 Å². The van der Waals surface area contributed by atoms with E-state index in [1.807, 2.05) is 0 Å². The predicted octanol–water partition coefficient (Wildman–Crippen LogP) is 3.04. The molecule has 2 rings (SSSR count). The van der Waals surface area contributed by atoms with Crippen LogP contribution >= 0.6 is 0 Å². The lowest BCUT2D eigenvalue weighted by molar-refractivity contribution is -0.148. The lowest BCUT2D eigenvalue weighted by atomic mass is 9.89. The van der Waals surface area contributed by atoms with Gasteiger partial charge in [-0.15, -0.1) is 0 Å². The quantitative estimate of drug-likeness (QED) is 0.625. The molecule has 0 aliphatic carbocycles. The number of benzene rings is 1. The molecule has 1 aromatic carbocycles. The summed E-state index contributed by atoms with van der Waals surface area (Å²) in [7, 11) is 0. The van der Waals surface area contributed by atoms with E-state index in [9.17, 15) is 14.0 Å². The van der Waals surface area contributed by atoms with Gasteiger partial charge in [-0.2, -0.15) is 0 Å². The summed E-state index contributed by atoms with van der Waals surface area (Å²) < 4.78 is 19.3. The van der Waals surface area contributed by atoms with Gasteiger partial charge in [0.25, 0.3) is 0 Å². The minimum Gasteiger partial charge on any atom is -0.465 e. The number of carbonyl (C=O) groups is 2. The summed E-state index contributed by atoms with van der Waals surface area (Å²) in [5.41, 5.74) is 0.446. The second-order valence-corrected chi connectivity index (χ2v) is 5.48. The molecule has 1 aliphatic heterocycles. The Morgan fingerprint density at radius 1 is 1.35 bits per heavy atom. The number of nitrogens with one attached hydrogen (secondary N) is 2. The van der Waals surface area contributed by atoms with E-state index in [0.717, 1.165) is 19.3 Å². The number of rotatable bonds is 6. The van der Waals surface area contributed by atoms with Crippen LogP contribution in [-0.2, 0) is 9.53 Å². The van der Waals surface area contributed by atoms with E-state index >= 15 is 0 Å². The molecule has 124 valence electrons. The first-order valence-electron chi connectivity index (χ1n) is 7.72. The maximum atomic E-state index is 14.1. The molecule has 1 saturated heterocycles. The van der Waals surface area contributed by atoms with Crippen LogP contribution in [-0.4, -0.2) is 18.6 Å². The van der Waals surface area contributed by atoms with E-state index in [2.05, 4.69) is 24.1 Å². The molecule has 5 nitrogen and oxygen atoms in total. The Balaban J connectivity index is 2.19. The molecule has 2 N–H and O–H groups in total. The van der Waals surface area contributed by atoms with Crippen molar-refractivity contribution < 1.29 is 18.7 Å². The topological polar surface area (TPSA) is 67.4 Å². The molecular weight excluding hydrogens is 299 g/mol. The summed E-state index contributed by atoms with van der Waals surface area (Å²) >= 11 is 0. The van der Waals surface area contributed by atoms with Crippen molar-refractivity contribution in [3.63, 3.8) is 0 Å². The highest BCUT2D eigenvalue weighted by atomic mass is 19.1. The first kappa shape index (κ1) is 17.0. The summed E-state index contributed by atoms with van der Waals surface area (Å²) in [6, 6.07) is 4.68. The van der Waals surface area contributed by atoms with Crippen LogP contribution < -0.4 is 10.6 Å². The highest BCUT2D eigenvalue weighted by Gasteiger charge is 2.39. The highest BCUT2D eigenvalue weighted by molar-refractivity contribution is 5.85. The zero-order valence-corrected chi connectivity index (χ0v) is 13.1. The van der Waals surface area contributed by atoms with Crippen LogP contribution in [0.5, 0.6) is 0 Å². The third-order valence-electron chi connectivity index (χ3n) is 3.76. The van der Waals surface area contributed by atoms with Gasteiger partial charge in [-0.1, -0.05) is 44.5 Å². The SMILES string of the molecule is C=C1NC(=O)N[C@@H](c2ccccc2F)[C@@H]1C(=O)OCCCCC. The minimum atomic E-state index is -0.869. The fraction of sp³-hybridized carbons (Fsp3) is 0.412. The smallest absolute Gasteiger partial charge is 0.319 e. The second-order valence-electron chi connectivity index (χ2n) is 5.48. The van der Waals surface area contributed by atoms with Gasteiger partial charge in [0.15, 0.2) is 0 Å². The van der Waals surface area contributed by atoms with E-state index < -0.39 is 29.8 Å². The Kier molecular flexibility index (Phi) is 5.73. The lowest BCUT2D eigenvalue weighted by Gasteiger charge is -2.33. The third-order valence-corrected chi connectivity index (χ3v) is 3.76. The van der Waals surface area contributed by atoms with Crippen LogP contribution in [0, 0.1) is 11.7 Å². The van der Waals surface area contributed by atoms with Crippen LogP contribution in [0.15, 0.2) is 36.5 Å². The molecule has 1 fully saturated rings. The number of esters is 1. The molecule has 1 aliphatic rings. The van der Waals surface area contributed by atoms with Gasteiger partial charge in [0.1, 0.15) is 11.7 Å². The van der Waals surface area contributed by atoms with Crippen LogP contribution in [0.1, 0.15) is 37.8 Å². The van der Waals surface area contributed by atoms with Crippen molar-refractivity contribution >= 4 is 12.0 Å². The van der Waals surface area contributed by atoms with Crippen molar-refractivity contribution in [2.45, 2.75) is 32.2 Å². The number of unbranched alkanes of at least 4 members (excludes halogenated alkanes) is 2. The first-order valence-corrected chi connectivity index (χ1v) is 7.72. The first-order chi connectivity index (χ1) is 11.0. The average molecular weight is 320 g/mol. The molecule has 0 aromatic heterocycles. The number of hydrogen-bond donors (Lipinski definition) is 2. The third kappa shape index (κ3) is 4.09. The molecule has 1 aromatic rings. The summed E-state index contributed by atoms with van der Waals surface area (Å²) in [4.78, 5) is 24.1. The molecule has 1 heterocycles. The van der Waals surface area contributed by atoms with Crippen molar-refractivity contribution in [3.05, 3.63) is 47.9 Å². The molecule has 0 spiro atoms. The van der Waals surface area contributed by atoms with Gasteiger partial charge < -0.3 is 15.4 Å². The fourth-order valence-corrected chi connectivity index (χ4v) is 2.56. The summed E-state index contributed by atoms with van der Waals surface area (Å²) in [6.45, 7) is 6.08. The van der Waals surface area contributed by atoms with Gasteiger partial charge in [0, 0.05) is 11.3 Å². The van der Waals surface area contributed by atoms with Gasteiger partial charge in [-0.25, -0.2) is 9.18 Å². The highest BCUT2D eigenvalue weighted by Crippen LogP contribution is 2.31. The maximum Gasteiger partial charge on any atom is 0.319 e. The van der Waals surface area contributed by atoms with Gasteiger partial charge >= 0.3 is 12.0 Å². The fourth-order valence-electron chi connectivity index (χ4n) is 2.56. The standard InChI is InChI=1S/C17H21FN2O3/c1-3-4-7-10-23-16(21)14-11(2)19-17(22)20-15(14)12-8-5-6-9-13(12)18/h5-6,8-9,14-15H,2-4,7,10H2,1H3,(H2,19,20,22)/t14-,15+/m1/s1. The average Bonchev–Trinajstić information content (AvgIpc) is 2.51. The van der Waals surface area contributed by atoms with Crippen molar-refractivity contribution in [1.82, 2.24) is 10.6 Å². The van der Waals surface area contributed by atoms with E-state index in [0.29, 0.717) is 6.61 Å². The minimum absolute atomic E-state index is 0.211. The summed E-state index contributed by atoms with van der Waals surface area (Å²) in [6.07, 6.45) is 2.75. The normalized spacial score (nSPS) is 20.6. The molecule has 0 unspecified atom stereocenters. The molecule has 0 radical (unpaired) electrons. The van der Waals surface area contributed by atoms with Gasteiger partial charge in [-0.05, 0) is 12.5 Å². The largest absolute Gasteiger partial charge is 0.465 e. The van der Waals surface area contributed by atoms with E-state index in [4.69, 9.17) is 4.74 Å². The van der Waals surface area contributed by atoms with Gasteiger partial charge in [0.05, 0.1) is 12.6 Å². The number of urea groups is 1. The molecular formula is C17H21FN2O3. The second kappa shape index (κ2) is 7.76. The Bertz CT molecular complexity index is 603. The predicted molar refractivity (Wildman–Crippen MR) is 83.9 cm³/mol. The van der Waals surface area contributed by atoms with Crippen LogP contribution in [0.3, 0.4) is 0 Å². The number of carbonyl (C=O) groups excluding carboxylic acids is 2. The van der Waals surface area contributed by atoms with Gasteiger partial charge in [-0.3, -0.25) is 4.79 Å². The monoisotopic (exact) mass is 320 g/mol. The van der Waals surface area contributed by atoms with Crippen molar-refractivity contribution in [2.75, 3.05) is 6.61 Å². The number of amides is 2. The number of hydrogen-bond acceptors (Lipinski definition) is 3.